The molecule has 0 aliphatic rings. The first-order chi connectivity index (χ1) is 8.84. The van der Waals surface area contributed by atoms with Gasteiger partial charge in [0, 0.05) is 0 Å². The van der Waals surface area contributed by atoms with Gasteiger partial charge < -0.3 is 10.3 Å². The minimum atomic E-state index is -0.382. The highest BCUT2D eigenvalue weighted by Crippen LogP contribution is 2.24. The zero-order chi connectivity index (χ0) is 12.4. The van der Waals surface area contributed by atoms with E-state index in [0.717, 1.165) is 10.4 Å². The van der Waals surface area contributed by atoms with Gasteiger partial charge in [0.05, 0.1) is 4.88 Å². The molecule has 0 bridgehead atoms. The van der Waals surface area contributed by atoms with Gasteiger partial charge in [-0.15, -0.1) is 11.3 Å². The molecule has 0 aliphatic heterocycles. The van der Waals surface area contributed by atoms with Crippen molar-refractivity contribution in [2.24, 2.45) is 5.73 Å². The number of rotatable bonds is 3. The number of aromatic nitrogens is 2. The first-order valence-corrected chi connectivity index (χ1v) is 6.40. The molecule has 0 unspecified atom stereocenters. The molecule has 4 nitrogen and oxygen atoms in total. The Hall–Kier alpha value is -1.98. The quantitative estimate of drug-likeness (QED) is 0.783. The molecule has 1 atom stereocenters. The summed E-state index contributed by atoms with van der Waals surface area (Å²) in [6.07, 6.45) is 0. The Bertz CT molecular complexity index is 619. The van der Waals surface area contributed by atoms with E-state index in [9.17, 15) is 0 Å². The van der Waals surface area contributed by atoms with E-state index in [4.69, 9.17) is 10.3 Å². The second-order valence-electron chi connectivity index (χ2n) is 3.82. The molecule has 2 heterocycles. The van der Waals surface area contributed by atoms with Gasteiger partial charge in [-0.25, -0.2) is 0 Å². The monoisotopic (exact) mass is 257 g/mol. The van der Waals surface area contributed by atoms with Crippen LogP contribution in [0.3, 0.4) is 0 Å². The zero-order valence-electron chi connectivity index (χ0n) is 9.48. The third kappa shape index (κ3) is 2.05. The minimum absolute atomic E-state index is 0.382. The molecule has 5 heteroatoms. The van der Waals surface area contributed by atoms with E-state index in [0.29, 0.717) is 11.7 Å². The highest BCUT2D eigenvalue weighted by atomic mass is 32.1. The second kappa shape index (κ2) is 4.72. The van der Waals surface area contributed by atoms with Crippen LogP contribution in [-0.4, -0.2) is 10.1 Å². The molecular formula is C13H11N3OS. The van der Waals surface area contributed by atoms with Crippen LogP contribution in [0, 0.1) is 0 Å². The van der Waals surface area contributed by atoms with Crippen molar-refractivity contribution in [3.05, 3.63) is 59.3 Å². The summed E-state index contributed by atoms with van der Waals surface area (Å²) in [6, 6.07) is 13.2. The largest absolute Gasteiger partial charge is 0.337 e. The molecule has 0 amide bonds. The fourth-order valence-corrected chi connectivity index (χ4v) is 2.32. The van der Waals surface area contributed by atoms with Crippen molar-refractivity contribution in [3.63, 3.8) is 0 Å². The van der Waals surface area contributed by atoms with Crippen LogP contribution in [0.25, 0.3) is 10.7 Å². The molecule has 3 rings (SSSR count). The van der Waals surface area contributed by atoms with Crippen molar-refractivity contribution in [1.82, 2.24) is 10.1 Å². The topological polar surface area (TPSA) is 64.9 Å². The van der Waals surface area contributed by atoms with E-state index in [1.807, 2.05) is 47.8 Å². The summed E-state index contributed by atoms with van der Waals surface area (Å²) >= 11 is 1.57. The lowest BCUT2D eigenvalue weighted by Crippen LogP contribution is -2.11. The summed E-state index contributed by atoms with van der Waals surface area (Å²) in [4.78, 5) is 5.31. The fourth-order valence-electron chi connectivity index (χ4n) is 1.67. The van der Waals surface area contributed by atoms with Crippen LogP contribution in [0.1, 0.15) is 17.5 Å². The molecule has 0 saturated heterocycles. The third-order valence-corrected chi connectivity index (χ3v) is 3.47. The highest BCUT2D eigenvalue weighted by molar-refractivity contribution is 7.13. The Balaban J connectivity index is 1.90. The molecule has 90 valence electrons. The van der Waals surface area contributed by atoms with Crippen LogP contribution in [0.15, 0.2) is 52.4 Å². The lowest BCUT2D eigenvalue weighted by atomic mass is 10.1. The van der Waals surface area contributed by atoms with Gasteiger partial charge in [0.15, 0.2) is 0 Å². The van der Waals surface area contributed by atoms with Gasteiger partial charge in [-0.1, -0.05) is 41.6 Å². The Morgan fingerprint density at radius 1 is 1.11 bits per heavy atom. The molecule has 2 aromatic heterocycles. The molecule has 2 N–H and O–H groups in total. The van der Waals surface area contributed by atoms with Crippen molar-refractivity contribution < 1.29 is 4.52 Å². The smallest absolute Gasteiger partial charge is 0.248 e. The fraction of sp³-hybridized carbons (Fsp3) is 0.0769. The van der Waals surface area contributed by atoms with E-state index < -0.39 is 0 Å². The Kier molecular flexibility index (Phi) is 2.92. The summed E-state index contributed by atoms with van der Waals surface area (Å²) in [6.45, 7) is 0. The Morgan fingerprint density at radius 2 is 1.94 bits per heavy atom. The molecule has 0 fully saturated rings. The summed E-state index contributed by atoms with van der Waals surface area (Å²) in [5, 5.41) is 5.92. The average molecular weight is 257 g/mol. The maximum Gasteiger partial charge on any atom is 0.248 e. The molecule has 0 aliphatic carbocycles. The normalized spacial score (nSPS) is 12.5. The number of hydrogen-bond donors (Lipinski definition) is 1. The van der Waals surface area contributed by atoms with Gasteiger partial charge in [-0.3, -0.25) is 0 Å². The third-order valence-electron chi connectivity index (χ3n) is 2.61. The number of nitrogens with two attached hydrogens (primary N) is 1. The lowest BCUT2D eigenvalue weighted by molar-refractivity contribution is 0.367. The van der Waals surface area contributed by atoms with Crippen LogP contribution >= 0.6 is 11.3 Å². The maximum atomic E-state index is 6.09. The number of benzene rings is 1. The number of hydrogen-bond acceptors (Lipinski definition) is 5. The summed E-state index contributed by atoms with van der Waals surface area (Å²) in [5.41, 5.74) is 7.05. The maximum absolute atomic E-state index is 6.09. The molecular weight excluding hydrogens is 246 g/mol. The van der Waals surface area contributed by atoms with Crippen LogP contribution in [0.2, 0.25) is 0 Å². The van der Waals surface area contributed by atoms with Crippen molar-refractivity contribution in [2.45, 2.75) is 6.04 Å². The Labute approximate surface area is 108 Å². The van der Waals surface area contributed by atoms with Gasteiger partial charge in [0.2, 0.25) is 11.7 Å². The SMILES string of the molecule is N[C@H](c1ccccc1)c1nc(-c2cccs2)no1. The van der Waals surface area contributed by atoms with E-state index >= 15 is 0 Å². The van der Waals surface area contributed by atoms with Crippen LogP contribution in [0.5, 0.6) is 0 Å². The van der Waals surface area contributed by atoms with Crippen LogP contribution in [0.4, 0.5) is 0 Å². The second-order valence-corrected chi connectivity index (χ2v) is 4.77. The molecule has 3 aromatic rings. The molecule has 1 aromatic carbocycles. The minimum Gasteiger partial charge on any atom is -0.337 e. The van der Waals surface area contributed by atoms with Gasteiger partial charge in [-0.2, -0.15) is 4.98 Å². The van der Waals surface area contributed by atoms with Crippen molar-refractivity contribution in [2.75, 3.05) is 0 Å². The van der Waals surface area contributed by atoms with Gasteiger partial charge in [-0.05, 0) is 17.0 Å². The van der Waals surface area contributed by atoms with E-state index in [2.05, 4.69) is 10.1 Å². The molecule has 0 radical (unpaired) electrons. The van der Waals surface area contributed by atoms with Gasteiger partial charge in [0.25, 0.3) is 0 Å². The number of nitrogens with zero attached hydrogens (tertiary/aromatic N) is 2. The number of thiophene rings is 1. The van der Waals surface area contributed by atoms with E-state index in [1.165, 1.54) is 0 Å². The summed E-state index contributed by atoms with van der Waals surface area (Å²) in [7, 11) is 0. The standard InChI is InChI=1S/C13H11N3OS/c14-11(9-5-2-1-3-6-9)13-15-12(16-17-13)10-7-4-8-18-10/h1-8,11H,14H2/t11-/m1/s1. The first-order valence-electron chi connectivity index (χ1n) is 5.52. The molecule has 18 heavy (non-hydrogen) atoms. The van der Waals surface area contributed by atoms with Crippen LogP contribution < -0.4 is 5.73 Å². The zero-order valence-corrected chi connectivity index (χ0v) is 10.3. The van der Waals surface area contributed by atoms with E-state index in [-0.39, 0.29) is 6.04 Å². The van der Waals surface area contributed by atoms with Crippen molar-refractivity contribution in [3.8, 4) is 10.7 Å². The highest BCUT2D eigenvalue weighted by Gasteiger charge is 2.17. The first kappa shape index (κ1) is 11.1. The molecule has 0 spiro atoms. The van der Waals surface area contributed by atoms with Crippen LogP contribution in [-0.2, 0) is 0 Å². The Morgan fingerprint density at radius 3 is 2.67 bits per heavy atom. The average Bonchev–Trinajstić information content (AvgIpc) is 3.09. The van der Waals surface area contributed by atoms with Gasteiger partial charge >= 0.3 is 0 Å². The van der Waals surface area contributed by atoms with Crippen molar-refractivity contribution in [1.29, 1.82) is 0 Å². The van der Waals surface area contributed by atoms with Crippen molar-refractivity contribution >= 4 is 11.3 Å². The molecule has 0 saturated carbocycles. The summed E-state index contributed by atoms with van der Waals surface area (Å²) in [5.74, 6) is 1.02. The predicted molar refractivity (Wildman–Crippen MR) is 70.1 cm³/mol. The summed E-state index contributed by atoms with van der Waals surface area (Å²) < 4.78 is 5.23. The van der Waals surface area contributed by atoms with E-state index in [1.54, 1.807) is 11.3 Å². The lowest BCUT2D eigenvalue weighted by Gasteiger charge is -2.05. The predicted octanol–water partition coefficient (Wildman–Crippen LogP) is 2.85. The van der Waals surface area contributed by atoms with Gasteiger partial charge in [0.1, 0.15) is 6.04 Å².